The molecule has 2 N–H and O–H groups in total. The molecule has 19 heavy (non-hydrogen) atoms. The Morgan fingerprint density at radius 1 is 1.32 bits per heavy atom. The van der Waals surface area contributed by atoms with Gasteiger partial charge in [-0.25, -0.2) is 9.59 Å². The van der Waals surface area contributed by atoms with Crippen LogP contribution in [0.25, 0.3) is 0 Å². The van der Waals surface area contributed by atoms with Gasteiger partial charge in [-0.2, -0.15) is 0 Å². The topological polar surface area (TPSA) is 81.1 Å². The van der Waals surface area contributed by atoms with E-state index in [4.69, 9.17) is 5.11 Å². The van der Waals surface area contributed by atoms with Crippen LogP contribution in [0.1, 0.15) is 6.42 Å². The zero-order valence-electron chi connectivity index (χ0n) is 10.6. The van der Waals surface area contributed by atoms with Gasteiger partial charge < -0.3 is 15.1 Å². The number of benzene rings is 1. The maximum Gasteiger partial charge on any atom is 0.326 e. The Labute approximate surface area is 110 Å². The number of carboxylic acid groups (broad SMARTS) is 1. The SMILES string of the molecule is CN(C(=O)N1C[C@@H](O)C[C@H]1C(=O)O)c1ccccc1. The number of anilines is 1. The largest absolute Gasteiger partial charge is 0.480 e. The summed E-state index contributed by atoms with van der Waals surface area (Å²) in [5.41, 5.74) is 0.679. The summed E-state index contributed by atoms with van der Waals surface area (Å²) in [6, 6.07) is 7.57. The normalized spacial score (nSPS) is 22.3. The fourth-order valence-corrected chi connectivity index (χ4v) is 2.21. The van der Waals surface area contributed by atoms with E-state index in [-0.39, 0.29) is 13.0 Å². The number of hydrogen-bond acceptors (Lipinski definition) is 3. The van der Waals surface area contributed by atoms with Crippen LogP contribution < -0.4 is 4.90 Å². The third-order valence-corrected chi connectivity index (χ3v) is 3.24. The van der Waals surface area contributed by atoms with Gasteiger partial charge in [0.2, 0.25) is 0 Å². The Morgan fingerprint density at radius 3 is 2.53 bits per heavy atom. The fourth-order valence-electron chi connectivity index (χ4n) is 2.21. The third-order valence-electron chi connectivity index (χ3n) is 3.24. The molecule has 1 heterocycles. The molecule has 0 aliphatic carbocycles. The van der Waals surface area contributed by atoms with Gasteiger partial charge in [0, 0.05) is 25.7 Å². The summed E-state index contributed by atoms with van der Waals surface area (Å²) in [4.78, 5) is 26.0. The van der Waals surface area contributed by atoms with E-state index < -0.39 is 24.1 Å². The quantitative estimate of drug-likeness (QED) is 0.826. The van der Waals surface area contributed by atoms with Crippen molar-refractivity contribution in [3.05, 3.63) is 30.3 Å². The van der Waals surface area contributed by atoms with Gasteiger partial charge in [-0.05, 0) is 12.1 Å². The van der Waals surface area contributed by atoms with Crippen molar-refractivity contribution in [1.29, 1.82) is 0 Å². The number of para-hydroxylation sites is 1. The van der Waals surface area contributed by atoms with Gasteiger partial charge in [0.25, 0.3) is 0 Å². The number of rotatable bonds is 2. The number of amides is 2. The summed E-state index contributed by atoms with van der Waals surface area (Å²) in [5.74, 6) is -1.09. The van der Waals surface area contributed by atoms with Crippen molar-refractivity contribution in [2.24, 2.45) is 0 Å². The highest BCUT2D eigenvalue weighted by atomic mass is 16.4. The van der Waals surface area contributed by atoms with E-state index in [1.165, 1.54) is 9.80 Å². The van der Waals surface area contributed by atoms with Gasteiger partial charge in [-0.3, -0.25) is 4.90 Å². The summed E-state index contributed by atoms with van der Waals surface area (Å²) >= 11 is 0. The van der Waals surface area contributed by atoms with Crippen molar-refractivity contribution >= 4 is 17.7 Å². The molecule has 1 aromatic rings. The van der Waals surface area contributed by atoms with E-state index in [1.54, 1.807) is 31.3 Å². The first-order valence-corrected chi connectivity index (χ1v) is 6.01. The molecule has 2 rings (SSSR count). The molecule has 1 aliphatic rings. The Kier molecular flexibility index (Phi) is 3.71. The molecule has 6 nitrogen and oxygen atoms in total. The molecule has 0 radical (unpaired) electrons. The van der Waals surface area contributed by atoms with Crippen LogP contribution in [0, 0.1) is 0 Å². The van der Waals surface area contributed by atoms with Crippen LogP contribution in [-0.2, 0) is 4.79 Å². The van der Waals surface area contributed by atoms with Crippen LogP contribution in [0.4, 0.5) is 10.5 Å². The lowest BCUT2D eigenvalue weighted by Crippen LogP contribution is -2.47. The minimum absolute atomic E-state index is 0.0486. The number of likely N-dealkylation sites (tertiary alicyclic amines) is 1. The van der Waals surface area contributed by atoms with Crippen molar-refractivity contribution in [2.75, 3.05) is 18.5 Å². The summed E-state index contributed by atoms with van der Waals surface area (Å²) in [5, 5.41) is 18.6. The van der Waals surface area contributed by atoms with E-state index in [1.807, 2.05) is 6.07 Å². The van der Waals surface area contributed by atoms with Crippen LogP contribution in [0.3, 0.4) is 0 Å². The first-order valence-electron chi connectivity index (χ1n) is 6.01. The maximum absolute atomic E-state index is 12.3. The van der Waals surface area contributed by atoms with E-state index in [2.05, 4.69) is 0 Å². The molecule has 0 saturated carbocycles. The molecule has 1 aromatic carbocycles. The smallest absolute Gasteiger partial charge is 0.326 e. The Bertz CT molecular complexity index is 477. The van der Waals surface area contributed by atoms with Crippen LogP contribution in [0.5, 0.6) is 0 Å². The molecule has 0 unspecified atom stereocenters. The van der Waals surface area contributed by atoms with E-state index >= 15 is 0 Å². The summed E-state index contributed by atoms with van der Waals surface area (Å²) in [6.45, 7) is 0.0486. The third kappa shape index (κ3) is 2.68. The van der Waals surface area contributed by atoms with E-state index in [0.717, 1.165) is 0 Å². The lowest BCUT2D eigenvalue weighted by Gasteiger charge is -2.27. The summed E-state index contributed by atoms with van der Waals surface area (Å²) in [6.07, 6.45) is -0.710. The molecule has 2 amide bonds. The second kappa shape index (κ2) is 5.27. The van der Waals surface area contributed by atoms with Gasteiger partial charge in [0.05, 0.1) is 6.10 Å². The monoisotopic (exact) mass is 264 g/mol. The number of aliphatic carboxylic acids is 1. The number of carboxylic acids is 1. The average molecular weight is 264 g/mol. The lowest BCUT2D eigenvalue weighted by molar-refractivity contribution is -0.141. The average Bonchev–Trinajstić information content (AvgIpc) is 2.80. The van der Waals surface area contributed by atoms with Crippen LogP contribution in [0.15, 0.2) is 30.3 Å². The number of urea groups is 1. The highest BCUT2D eigenvalue weighted by molar-refractivity contribution is 5.94. The van der Waals surface area contributed by atoms with Crippen molar-refractivity contribution < 1.29 is 19.8 Å². The van der Waals surface area contributed by atoms with Crippen molar-refractivity contribution in [1.82, 2.24) is 4.90 Å². The lowest BCUT2D eigenvalue weighted by atomic mass is 10.2. The first-order chi connectivity index (χ1) is 9.00. The van der Waals surface area contributed by atoms with Crippen LogP contribution >= 0.6 is 0 Å². The Morgan fingerprint density at radius 2 is 1.95 bits per heavy atom. The van der Waals surface area contributed by atoms with E-state index in [0.29, 0.717) is 5.69 Å². The highest BCUT2D eigenvalue weighted by Gasteiger charge is 2.40. The van der Waals surface area contributed by atoms with E-state index in [9.17, 15) is 14.7 Å². The molecule has 6 heteroatoms. The van der Waals surface area contributed by atoms with Crippen molar-refractivity contribution in [2.45, 2.75) is 18.6 Å². The maximum atomic E-state index is 12.3. The predicted molar refractivity (Wildman–Crippen MR) is 69.0 cm³/mol. The molecule has 1 fully saturated rings. The minimum atomic E-state index is -1.09. The number of carbonyl (C=O) groups excluding carboxylic acids is 1. The molecule has 1 saturated heterocycles. The standard InChI is InChI=1S/C13H16N2O4/c1-14(9-5-3-2-4-6-9)13(19)15-8-10(16)7-11(15)12(17)18/h2-6,10-11,16H,7-8H2,1H3,(H,17,18)/t10-,11-/m0/s1. The van der Waals surface area contributed by atoms with Crippen LogP contribution in [0.2, 0.25) is 0 Å². The number of hydrogen-bond donors (Lipinski definition) is 2. The zero-order chi connectivity index (χ0) is 14.0. The predicted octanol–water partition coefficient (Wildman–Crippen LogP) is 0.763. The fraction of sp³-hybridized carbons (Fsp3) is 0.385. The zero-order valence-corrected chi connectivity index (χ0v) is 10.6. The molecule has 1 aliphatic heterocycles. The second-order valence-electron chi connectivity index (χ2n) is 4.57. The Balaban J connectivity index is 2.17. The van der Waals surface area contributed by atoms with Gasteiger partial charge in [0.15, 0.2) is 0 Å². The molecule has 0 bridgehead atoms. The van der Waals surface area contributed by atoms with Gasteiger partial charge >= 0.3 is 12.0 Å². The Hall–Kier alpha value is -2.08. The molecular weight excluding hydrogens is 248 g/mol. The highest BCUT2D eigenvalue weighted by Crippen LogP contribution is 2.22. The number of β-amino-alcohol motifs (C(OH)–C–C–N with tert-alkyl or cyclic N) is 1. The number of aliphatic hydroxyl groups excluding tert-OH is 1. The molecule has 2 atom stereocenters. The van der Waals surface area contributed by atoms with Crippen molar-refractivity contribution in [3.63, 3.8) is 0 Å². The number of carbonyl (C=O) groups is 2. The first kappa shape index (κ1) is 13.4. The molecule has 0 spiro atoms. The van der Waals surface area contributed by atoms with Crippen molar-refractivity contribution in [3.8, 4) is 0 Å². The molecule has 102 valence electrons. The number of aliphatic hydroxyl groups is 1. The minimum Gasteiger partial charge on any atom is -0.480 e. The molecular formula is C13H16N2O4. The summed E-state index contributed by atoms with van der Waals surface area (Å²) in [7, 11) is 1.58. The summed E-state index contributed by atoms with van der Waals surface area (Å²) < 4.78 is 0. The molecule has 0 aromatic heterocycles. The van der Waals surface area contributed by atoms with Gasteiger partial charge in [-0.1, -0.05) is 18.2 Å². The van der Waals surface area contributed by atoms with Gasteiger partial charge in [0.1, 0.15) is 6.04 Å². The second-order valence-corrected chi connectivity index (χ2v) is 4.57. The van der Waals surface area contributed by atoms with Crippen LogP contribution in [-0.4, -0.2) is 52.9 Å². The number of nitrogens with zero attached hydrogens (tertiary/aromatic N) is 2. The van der Waals surface area contributed by atoms with Gasteiger partial charge in [-0.15, -0.1) is 0 Å².